The highest BCUT2D eigenvalue weighted by Crippen LogP contribution is 2.43. The van der Waals surface area contributed by atoms with Crippen molar-refractivity contribution in [2.75, 3.05) is 24.6 Å². The van der Waals surface area contributed by atoms with Crippen LogP contribution in [-0.2, 0) is 17.7 Å². The Morgan fingerprint density at radius 2 is 2.06 bits per heavy atom. The number of urea groups is 1. The molecule has 0 saturated carbocycles. The molecule has 8 nitrogen and oxygen atoms in total. The number of aliphatic hydroxyl groups is 1. The molecule has 4 aromatic rings. The van der Waals surface area contributed by atoms with Gasteiger partial charge >= 0.3 is 6.03 Å². The summed E-state index contributed by atoms with van der Waals surface area (Å²) in [5.41, 5.74) is 10.6. The van der Waals surface area contributed by atoms with Gasteiger partial charge in [0.2, 0.25) is 4.21 Å². The van der Waals surface area contributed by atoms with Crippen LogP contribution in [0.1, 0.15) is 25.3 Å². The molecule has 0 aliphatic rings. The largest absolute Gasteiger partial charge is 0.611 e. The Bertz CT molecular complexity index is 1280. The van der Waals surface area contributed by atoms with Crippen LogP contribution in [0.3, 0.4) is 0 Å². The van der Waals surface area contributed by atoms with Crippen molar-refractivity contribution in [1.82, 2.24) is 20.6 Å². The number of aliphatic hydroxyl groups excluding tert-OH is 1. The third-order valence-corrected chi connectivity index (χ3v) is 9.11. The third-order valence-electron chi connectivity index (χ3n) is 5.32. The van der Waals surface area contributed by atoms with E-state index >= 15 is 0 Å². The molecule has 0 aliphatic carbocycles. The van der Waals surface area contributed by atoms with Crippen LogP contribution in [0.2, 0.25) is 0 Å². The van der Waals surface area contributed by atoms with Gasteiger partial charge < -0.3 is 26.0 Å². The van der Waals surface area contributed by atoms with E-state index in [2.05, 4.69) is 22.5 Å². The topological polar surface area (TPSA) is 136 Å². The number of unbranched alkanes of at least 4 members (excludes halogenated alkanes) is 1. The molecule has 3 aromatic heterocycles. The first-order valence-electron chi connectivity index (χ1n) is 11.2. The highest BCUT2D eigenvalue weighted by atomic mass is 32.2. The Morgan fingerprint density at radius 3 is 2.74 bits per heavy atom. The Hall–Kier alpha value is -2.70. The second-order valence-corrected chi connectivity index (χ2v) is 11.5. The first-order chi connectivity index (χ1) is 17.0. The van der Waals surface area contributed by atoms with Crippen LogP contribution in [0, 0.1) is 0 Å². The fourth-order valence-corrected chi connectivity index (χ4v) is 6.93. The number of hydrogen-bond donors (Lipinski definition) is 4. The number of thiophene rings is 1. The number of nitrogens with zero attached hydrogens (tertiary/aromatic N) is 2. The summed E-state index contributed by atoms with van der Waals surface area (Å²) in [6.45, 7) is 2.53. The van der Waals surface area contributed by atoms with E-state index in [1.165, 1.54) is 22.7 Å². The van der Waals surface area contributed by atoms with Gasteiger partial charge in [-0.3, -0.25) is 0 Å². The zero-order valence-corrected chi connectivity index (χ0v) is 21.7. The number of carbonyl (C=O) groups is 1. The van der Waals surface area contributed by atoms with Gasteiger partial charge in [-0.1, -0.05) is 48.9 Å². The molecule has 0 radical (unpaired) electrons. The van der Waals surface area contributed by atoms with E-state index < -0.39 is 11.2 Å². The van der Waals surface area contributed by atoms with Crippen molar-refractivity contribution in [1.29, 1.82) is 0 Å². The molecule has 0 aliphatic heterocycles. The summed E-state index contributed by atoms with van der Waals surface area (Å²) in [6, 6.07) is 9.50. The van der Waals surface area contributed by atoms with Crippen molar-refractivity contribution in [3.8, 4) is 21.8 Å². The third kappa shape index (κ3) is 5.93. The lowest BCUT2D eigenvalue weighted by Gasteiger charge is -2.10. The molecule has 1 aromatic carbocycles. The summed E-state index contributed by atoms with van der Waals surface area (Å²) in [6.07, 6.45) is 3.59. The summed E-state index contributed by atoms with van der Waals surface area (Å²) in [4.78, 5) is 21.7. The fraction of sp³-hybridized carbons (Fsp3) is 0.292. The minimum absolute atomic E-state index is 0.106. The lowest BCUT2D eigenvalue weighted by atomic mass is 10.0. The Morgan fingerprint density at radius 1 is 1.26 bits per heavy atom. The summed E-state index contributed by atoms with van der Waals surface area (Å²) in [7, 11) is 0. The van der Waals surface area contributed by atoms with Gasteiger partial charge in [0.15, 0.2) is 0 Å². The smallest absolute Gasteiger partial charge is 0.315 e. The number of carbonyl (C=O) groups excluding carboxylic acids is 1. The van der Waals surface area contributed by atoms with Crippen molar-refractivity contribution in [3.63, 3.8) is 0 Å². The van der Waals surface area contributed by atoms with E-state index in [1.807, 2.05) is 35.7 Å². The fourth-order valence-electron chi connectivity index (χ4n) is 3.54. The van der Waals surface area contributed by atoms with Crippen molar-refractivity contribution in [2.45, 2.75) is 30.5 Å². The molecule has 0 spiro atoms. The van der Waals surface area contributed by atoms with Crippen LogP contribution in [0.4, 0.5) is 10.5 Å². The monoisotopic (exact) mass is 529 g/mol. The van der Waals surface area contributed by atoms with Gasteiger partial charge in [0.25, 0.3) is 0 Å². The predicted molar refractivity (Wildman–Crippen MR) is 144 cm³/mol. The van der Waals surface area contributed by atoms with Gasteiger partial charge in [-0.05, 0) is 40.4 Å². The molecule has 184 valence electrons. The lowest BCUT2D eigenvalue weighted by Crippen LogP contribution is -2.36. The molecule has 35 heavy (non-hydrogen) atoms. The standard InChI is InChI=1S/C24H27N5O3S3/c1-2-3-12-35(32)23-20(25)19-17(13-18(29-22(19)34-23)21-26-9-11-33-21)16-6-4-15(5-7-16)14-28-24(31)27-8-10-30/h4-7,9,11,13,30H,2-3,8,10,12,14,25H2,1H3,(H2,27,28,31). The molecule has 3 heterocycles. The van der Waals surface area contributed by atoms with E-state index in [0.29, 0.717) is 22.2 Å². The lowest BCUT2D eigenvalue weighted by molar-refractivity contribution is 0.234. The number of anilines is 1. The molecule has 5 N–H and O–H groups in total. The number of rotatable bonds is 10. The second kappa shape index (κ2) is 11.8. The maximum absolute atomic E-state index is 12.9. The summed E-state index contributed by atoms with van der Waals surface area (Å²) in [5, 5.41) is 17.7. The van der Waals surface area contributed by atoms with Gasteiger partial charge in [0.05, 0.1) is 6.61 Å². The number of nitrogen functional groups attached to an aromatic ring is 1. The maximum atomic E-state index is 12.9. The molecule has 1 atom stereocenters. The number of fused-ring (bicyclic) bond motifs is 1. The van der Waals surface area contributed by atoms with Crippen LogP contribution >= 0.6 is 22.7 Å². The SMILES string of the molecule is CCCC[S+]([O-])c1sc2nc(-c3nccs3)cc(-c3ccc(CNC(=O)NCCO)cc3)c2c1N. The predicted octanol–water partition coefficient (Wildman–Crippen LogP) is 4.37. The zero-order valence-electron chi connectivity index (χ0n) is 19.2. The van der Waals surface area contributed by atoms with Crippen LogP contribution in [0.5, 0.6) is 0 Å². The molecular formula is C24H27N5O3S3. The molecule has 11 heteroatoms. The summed E-state index contributed by atoms with van der Waals surface area (Å²) >= 11 is 1.73. The van der Waals surface area contributed by atoms with E-state index in [9.17, 15) is 9.35 Å². The number of pyridine rings is 1. The molecule has 2 amide bonds. The Labute approximate surface area is 214 Å². The minimum Gasteiger partial charge on any atom is -0.611 e. The number of hydrogen-bond acceptors (Lipinski definition) is 8. The highest BCUT2D eigenvalue weighted by molar-refractivity contribution is 7.93. The van der Waals surface area contributed by atoms with Crippen molar-refractivity contribution in [2.24, 2.45) is 0 Å². The number of nitrogens with two attached hydrogens (primary N) is 1. The number of benzene rings is 1. The molecule has 0 fully saturated rings. The zero-order chi connectivity index (χ0) is 24.8. The number of amides is 2. The molecule has 1 unspecified atom stereocenters. The van der Waals surface area contributed by atoms with Crippen LogP contribution in [0.15, 0.2) is 46.1 Å². The van der Waals surface area contributed by atoms with Gasteiger partial charge in [0, 0.05) is 30.1 Å². The molecular weight excluding hydrogens is 502 g/mol. The van der Waals surface area contributed by atoms with Gasteiger partial charge in [-0.25, -0.2) is 14.8 Å². The van der Waals surface area contributed by atoms with Crippen LogP contribution in [-0.4, -0.2) is 44.6 Å². The number of thiazole rings is 1. The summed E-state index contributed by atoms with van der Waals surface area (Å²) < 4.78 is 13.6. The van der Waals surface area contributed by atoms with Crippen molar-refractivity contribution >= 4 is 55.8 Å². The van der Waals surface area contributed by atoms with Gasteiger partial charge in [-0.15, -0.1) is 11.3 Å². The highest BCUT2D eigenvalue weighted by Gasteiger charge is 2.25. The van der Waals surface area contributed by atoms with E-state index in [0.717, 1.165) is 50.5 Å². The maximum Gasteiger partial charge on any atom is 0.315 e. The van der Waals surface area contributed by atoms with Gasteiger partial charge in [-0.2, -0.15) is 0 Å². The van der Waals surface area contributed by atoms with Crippen LogP contribution < -0.4 is 16.4 Å². The normalized spacial score (nSPS) is 12.1. The first kappa shape index (κ1) is 25.4. The molecule has 4 rings (SSSR count). The first-order valence-corrected chi connectivity index (χ1v) is 14.3. The quantitative estimate of drug-likeness (QED) is 0.225. The second-order valence-electron chi connectivity index (χ2n) is 7.81. The number of aromatic nitrogens is 2. The minimum atomic E-state index is -1.17. The van der Waals surface area contributed by atoms with Gasteiger partial charge in [0.1, 0.15) is 27.0 Å². The Kier molecular flexibility index (Phi) is 8.58. The Balaban J connectivity index is 1.69. The molecule has 0 bridgehead atoms. The summed E-state index contributed by atoms with van der Waals surface area (Å²) in [5.74, 6) is 0.579. The van der Waals surface area contributed by atoms with Crippen LogP contribution in [0.25, 0.3) is 32.0 Å². The average molecular weight is 530 g/mol. The van der Waals surface area contributed by atoms with Crippen molar-refractivity contribution < 1.29 is 14.5 Å². The van der Waals surface area contributed by atoms with E-state index in [1.54, 1.807) is 6.20 Å². The van der Waals surface area contributed by atoms with E-state index in [-0.39, 0.29) is 19.2 Å². The van der Waals surface area contributed by atoms with E-state index in [4.69, 9.17) is 15.8 Å². The average Bonchev–Trinajstić information content (AvgIpc) is 3.53. The van der Waals surface area contributed by atoms with Crippen molar-refractivity contribution in [3.05, 3.63) is 47.5 Å². The molecule has 0 saturated heterocycles. The number of nitrogens with one attached hydrogen (secondary N) is 2.